The van der Waals surface area contributed by atoms with E-state index < -0.39 is 6.10 Å². The number of hydrogen-bond acceptors (Lipinski definition) is 4. The summed E-state index contributed by atoms with van der Waals surface area (Å²) in [6.45, 7) is 3.42. The Morgan fingerprint density at radius 2 is 1.71 bits per heavy atom. The van der Waals surface area contributed by atoms with Gasteiger partial charge in [0.2, 0.25) is 5.75 Å². The smallest absolute Gasteiger partial charge is 0.203 e. The molecule has 0 radical (unpaired) electrons. The molecule has 0 amide bonds. The highest BCUT2D eigenvalue weighted by molar-refractivity contribution is 5.54. The molecule has 0 aliphatic carbocycles. The Kier molecular flexibility index (Phi) is 4.64. The van der Waals surface area contributed by atoms with E-state index in [1.165, 1.54) is 27.4 Å². The number of aliphatic hydroxyl groups is 1. The van der Waals surface area contributed by atoms with E-state index in [4.69, 9.17) is 14.2 Å². The Morgan fingerprint density at radius 3 is 2.06 bits per heavy atom. The summed E-state index contributed by atoms with van der Waals surface area (Å²) in [5.74, 6) is 1.49. The summed E-state index contributed by atoms with van der Waals surface area (Å²) >= 11 is 0. The van der Waals surface area contributed by atoms with E-state index in [2.05, 4.69) is 12.3 Å². The van der Waals surface area contributed by atoms with Gasteiger partial charge >= 0.3 is 0 Å². The average molecular weight is 236 g/mol. The lowest BCUT2D eigenvalue weighted by Crippen LogP contribution is -1.99. The fraction of sp³-hybridized carbons (Fsp3) is 0.308. The first kappa shape index (κ1) is 13.2. The maximum absolute atomic E-state index is 9.81. The van der Waals surface area contributed by atoms with Crippen LogP contribution < -0.4 is 14.2 Å². The fourth-order valence-electron chi connectivity index (χ4n) is 1.48. The maximum atomic E-state index is 9.81. The Bertz CT molecular complexity index is 408. The predicted octanol–water partition coefficient (Wildman–Crippen LogP) is 2.09. The lowest BCUT2D eigenvalue weighted by atomic mass is 10.1. The molecule has 0 saturated heterocycles. The fourth-order valence-corrected chi connectivity index (χ4v) is 1.48. The summed E-state index contributed by atoms with van der Waals surface area (Å²) < 4.78 is 15.5. The largest absolute Gasteiger partial charge is 0.493 e. The Hall–Kier alpha value is -1.90. The van der Waals surface area contributed by atoms with Crippen LogP contribution in [0.15, 0.2) is 30.5 Å². The third-order valence-electron chi connectivity index (χ3n) is 2.30. The number of ether oxygens (including phenoxy) is 3. The third-order valence-corrected chi connectivity index (χ3v) is 2.30. The van der Waals surface area contributed by atoms with Crippen molar-refractivity contribution in [1.29, 1.82) is 0 Å². The quantitative estimate of drug-likeness (QED) is 0.795. The van der Waals surface area contributed by atoms with E-state index in [0.29, 0.717) is 22.8 Å². The summed E-state index contributed by atoms with van der Waals surface area (Å²) in [4.78, 5) is 0. The van der Waals surface area contributed by atoms with Crippen molar-refractivity contribution in [2.45, 2.75) is 6.10 Å². The van der Waals surface area contributed by atoms with Crippen molar-refractivity contribution in [3.05, 3.63) is 36.1 Å². The number of aliphatic hydroxyl groups excluding tert-OH is 1. The van der Waals surface area contributed by atoms with Gasteiger partial charge in [0, 0.05) is 0 Å². The first-order chi connectivity index (χ1) is 8.17. The van der Waals surface area contributed by atoms with Crippen molar-refractivity contribution in [3.63, 3.8) is 0 Å². The molecule has 0 heterocycles. The maximum Gasteiger partial charge on any atom is 0.203 e. The van der Waals surface area contributed by atoms with Crippen LogP contribution in [0.4, 0.5) is 0 Å². The molecule has 1 N–H and O–H groups in total. The summed E-state index contributed by atoms with van der Waals surface area (Å²) in [5.41, 5.74) is 3.15. The van der Waals surface area contributed by atoms with Crippen molar-refractivity contribution in [3.8, 4) is 17.2 Å². The second-order valence-electron chi connectivity index (χ2n) is 3.27. The molecular weight excluding hydrogens is 220 g/mol. The summed E-state index contributed by atoms with van der Waals surface area (Å²) in [6, 6.07) is 3.36. The lowest BCUT2D eigenvalue weighted by Gasteiger charge is -2.15. The van der Waals surface area contributed by atoms with Gasteiger partial charge in [-0.15, -0.1) is 5.73 Å². The molecule has 1 aromatic rings. The first-order valence-corrected chi connectivity index (χ1v) is 5.01. The average Bonchev–Trinajstić information content (AvgIpc) is 2.37. The minimum Gasteiger partial charge on any atom is -0.493 e. The van der Waals surface area contributed by atoms with Crippen LogP contribution in [0, 0.1) is 0 Å². The van der Waals surface area contributed by atoms with Gasteiger partial charge in [0.1, 0.15) is 6.10 Å². The molecule has 1 atom stereocenters. The number of benzene rings is 1. The molecule has 0 bridgehead atoms. The van der Waals surface area contributed by atoms with Crippen molar-refractivity contribution in [2.24, 2.45) is 0 Å². The van der Waals surface area contributed by atoms with Gasteiger partial charge in [-0.05, 0) is 23.8 Å². The molecular formula is C13H16O4. The van der Waals surface area contributed by atoms with E-state index >= 15 is 0 Å². The highest BCUT2D eigenvalue weighted by Crippen LogP contribution is 2.39. The topological polar surface area (TPSA) is 47.9 Å². The van der Waals surface area contributed by atoms with Crippen LogP contribution in [0.5, 0.6) is 17.2 Å². The molecule has 4 heteroatoms. The molecule has 0 aliphatic rings. The van der Waals surface area contributed by atoms with Gasteiger partial charge in [0.15, 0.2) is 11.5 Å². The van der Waals surface area contributed by atoms with E-state index in [9.17, 15) is 5.11 Å². The van der Waals surface area contributed by atoms with Crippen LogP contribution >= 0.6 is 0 Å². The van der Waals surface area contributed by atoms with Crippen LogP contribution in [0.1, 0.15) is 11.7 Å². The lowest BCUT2D eigenvalue weighted by molar-refractivity contribution is 0.227. The highest BCUT2D eigenvalue weighted by Gasteiger charge is 2.15. The van der Waals surface area contributed by atoms with Gasteiger partial charge in [-0.1, -0.05) is 6.58 Å². The van der Waals surface area contributed by atoms with Crippen LogP contribution in [0.2, 0.25) is 0 Å². The third kappa shape index (κ3) is 2.81. The van der Waals surface area contributed by atoms with Gasteiger partial charge in [-0.25, -0.2) is 0 Å². The molecule has 0 fully saturated rings. The number of hydrogen-bond donors (Lipinski definition) is 1. The molecule has 4 nitrogen and oxygen atoms in total. The second-order valence-corrected chi connectivity index (χ2v) is 3.27. The first-order valence-electron chi connectivity index (χ1n) is 5.01. The normalized spacial score (nSPS) is 11.3. The molecule has 0 aromatic heterocycles. The summed E-state index contributed by atoms with van der Waals surface area (Å²) in [5, 5.41) is 9.81. The summed E-state index contributed by atoms with van der Waals surface area (Å²) in [6.07, 6.45) is 0.641. The summed E-state index contributed by atoms with van der Waals surface area (Å²) in [7, 11) is 4.58. The molecule has 1 aromatic carbocycles. The Balaban J connectivity index is 3.31. The van der Waals surface area contributed by atoms with Crippen molar-refractivity contribution < 1.29 is 19.3 Å². The van der Waals surface area contributed by atoms with Gasteiger partial charge < -0.3 is 19.3 Å². The van der Waals surface area contributed by atoms with Gasteiger partial charge in [0.25, 0.3) is 0 Å². The molecule has 17 heavy (non-hydrogen) atoms. The van der Waals surface area contributed by atoms with Crippen LogP contribution in [0.3, 0.4) is 0 Å². The molecule has 0 aliphatic heterocycles. The predicted molar refractivity (Wildman–Crippen MR) is 64.8 cm³/mol. The van der Waals surface area contributed by atoms with E-state index in [-0.39, 0.29) is 0 Å². The van der Waals surface area contributed by atoms with Gasteiger partial charge in [-0.3, -0.25) is 0 Å². The molecule has 1 rings (SSSR count). The Morgan fingerprint density at radius 1 is 1.18 bits per heavy atom. The van der Waals surface area contributed by atoms with Crippen LogP contribution in [-0.4, -0.2) is 26.4 Å². The van der Waals surface area contributed by atoms with Crippen molar-refractivity contribution in [1.82, 2.24) is 0 Å². The Labute approximate surface area is 101 Å². The zero-order chi connectivity index (χ0) is 12.8. The van der Waals surface area contributed by atoms with E-state index in [0.717, 1.165) is 0 Å². The van der Waals surface area contributed by atoms with E-state index in [1.54, 1.807) is 12.1 Å². The van der Waals surface area contributed by atoms with Crippen LogP contribution in [-0.2, 0) is 0 Å². The van der Waals surface area contributed by atoms with Gasteiger partial charge in [-0.2, -0.15) is 0 Å². The van der Waals surface area contributed by atoms with Gasteiger partial charge in [0.05, 0.1) is 21.3 Å². The van der Waals surface area contributed by atoms with Crippen molar-refractivity contribution >= 4 is 0 Å². The number of methoxy groups -OCH3 is 3. The molecule has 92 valence electrons. The highest BCUT2D eigenvalue weighted by atomic mass is 16.5. The zero-order valence-corrected chi connectivity index (χ0v) is 10.2. The minimum absolute atomic E-state index is 0.494. The molecule has 0 saturated carbocycles. The van der Waals surface area contributed by atoms with Crippen molar-refractivity contribution in [2.75, 3.05) is 21.3 Å². The molecule has 0 unspecified atom stereocenters. The van der Waals surface area contributed by atoms with Crippen LogP contribution in [0.25, 0.3) is 0 Å². The number of rotatable bonds is 5. The standard InChI is InChI=1S/C13H16O4/c1-5-6-10(14)9-7-11(15-2)13(17-4)12(8-9)16-3/h6-8,10,14H,1H2,2-4H3/t10-/m0/s1. The SMILES string of the molecule is C=C=C[C@H](O)c1cc(OC)c(OC)c(OC)c1. The van der Waals surface area contributed by atoms with E-state index in [1.807, 2.05) is 0 Å². The molecule has 0 spiro atoms. The second kappa shape index (κ2) is 5.99. The zero-order valence-electron chi connectivity index (χ0n) is 10.2. The monoisotopic (exact) mass is 236 g/mol. The minimum atomic E-state index is -0.804.